The Morgan fingerprint density at radius 3 is 2.53 bits per heavy atom. The first-order chi connectivity index (χ1) is 7.34. The molecule has 1 aliphatic rings. The van der Waals surface area contributed by atoms with Gasteiger partial charge in [-0.15, -0.1) is 0 Å². The van der Waals surface area contributed by atoms with Crippen LogP contribution in [0.5, 0.6) is 0 Å². The van der Waals surface area contributed by atoms with Crippen LogP contribution in [-0.2, 0) is 11.3 Å². The summed E-state index contributed by atoms with van der Waals surface area (Å²) >= 11 is 5.81. The summed E-state index contributed by atoms with van der Waals surface area (Å²) in [5, 5.41) is 2.98. The van der Waals surface area contributed by atoms with Crippen LogP contribution in [0.2, 0.25) is 5.02 Å². The van der Waals surface area contributed by atoms with Gasteiger partial charge in [-0.2, -0.15) is 0 Å². The van der Waals surface area contributed by atoms with Crippen molar-refractivity contribution in [2.24, 2.45) is 0 Å². The molecule has 82 valence electrons. The van der Waals surface area contributed by atoms with Gasteiger partial charge >= 0.3 is 0 Å². The molecule has 1 heterocycles. The van der Waals surface area contributed by atoms with Crippen LogP contribution in [-0.4, -0.2) is 31.3 Å². The second-order valence-electron chi connectivity index (χ2n) is 3.56. The van der Waals surface area contributed by atoms with Crippen molar-refractivity contribution in [1.29, 1.82) is 0 Å². The Labute approximate surface area is 94.9 Å². The maximum atomic E-state index is 5.81. The highest BCUT2D eigenvalue weighted by Gasteiger charge is 2.08. The van der Waals surface area contributed by atoms with Crippen molar-refractivity contribution in [1.82, 2.24) is 10.4 Å². The van der Waals surface area contributed by atoms with Crippen molar-refractivity contribution >= 4 is 11.6 Å². The summed E-state index contributed by atoms with van der Waals surface area (Å²) in [6.45, 7) is 4.37. The molecule has 1 aliphatic heterocycles. The lowest BCUT2D eigenvalue weighted by Gasteiger charge is -2.27. The topological polar surface area (TPSA) is 24.5 Å². The Balaban J connectivity index is 1.79. The molecule has 0 aromatic heterocycles. The van der Waals surface area contributed by atoms with Gasteiger partial charge in [0, 0.05) is 24.7 Å². The van der Waals surface area contributed by atoms with Crippen LogP contribution < -0.4 is 5.43 Å². The van der Waals surface area contributed by atoms with Gasteiger partial charge in [0.25, 0.3) is 0 Å². The molecule has 3 nitrogen and oxygen atoms in total. The van der Waals surface area contributed by atoms with E-state index in [1.165, 1.54) is 5.56 Å². The summed E-state index contributed by atoms with van der Waals surface area (Å²) in [5.41, 5.74) is 4.61. The number of nitrogens with zero attached hydrogens (tertiary/aromatic N) is 1. The van der Waals surface area contributed by atoms with Gasteiger partial charge < -0.3 is 4.74 Å². The number of hydrogen-bond acceptors (Lipinski definition) is 3. The van der Waals surface area contributed by atoms with E-state index in [9.17, 15) is 0 Å². The average molecular weight is 227 g/mol. The Morgan fingerprint density at radius 1 is 1.20 bits per heavy atom. The number of halogens is 1. The Kier molecular flexibility index (Phi) is 3.97. The lowest BCUT2D eigenvalue weighted by atomic mass is 10.2. The van der Waals surface area contributed by atoms with Crippen LogP contribution in [0.1, 0.15) is 5.56 Å². The van der Waals surface area contributed by atoms with Crippen LogP contribution in [0.4, 0.5) is 0 Å². The minimum atomic E-state index is 0.783. The molecule has 1 saturated heterocycles. The normalized spacial score (nSPS) is 17.9. The van der Waals surface area contributed by atoms with Gasteiger partial charge in [0.2, 0.25) is 0 Å². The quantitative estimate of drug-likeness (QED) is 0.849. The molecule has 1 N–H and O–H groups in total. The standard InChI is InChI=1S/C11H15ClN2O/c12-11-3-1-10(2-4-11)9-13-14-5-7-15-8-6-14/h1-4,13H,5-9H2. The minimum Gasteiger partial charge on any atom is -0.379 e. The highest BCUT2D eigenvalue weighted by Crippen LogP contribution is 2.09. The molecule has 0 saturated carbocycles. The molecule has 0 spiro atoms. The van der Waals surface area contributed by atoms with E-state index in [0.717, 1.165) is 37.9 Å². The number of rotatable bonds is 3. The van der Waals surface area contributed by atoms with Crippen molar-refractivity contribution in [3.8, 4) is 0 Å². The Bertz CT molecular complexity index is 296. The minimum absolute atomic E-state index is 0.783. The molecule has 2 rings (SSSR count). The van der Waals surface area contributed by atoms with Crippen molar-refractivity contribution in [2.45, 2.75) is 6.54 Å². The van der Waals surface area contributed by atoms with Crippen molar-refractivity contribution in [3.05, 3.63) is 34.9 Å². The van der Waals surface area contributed by atoms with E-state index in [0.29, 0.717) is 0 Å². The largest absolute Gasteiger partial charge is 0.379 e. The van der Waals surface area contributed by atoms with E-state index >= 15 is 0 Å². The monoisotopic (exact) mass is 226 g/mol. The molecule has 0 bridgehead atoms. The summed E-state index contributed by atoms with van der Waals surface area (Å²) in [5.74, 6) is 0. The molecule has 1 aromatic carbocycles. The first-order valence-electron chi connectivity index (χ1n) is 5.15. The zero-order chi connectivity index (χ0) is 10.5. The van der Waals surface area contributed by atoms with Crippen LogP contribution in [0, 0.1) is 0 Å². The van der Waals surface area contributed by atoms with Gasteiger partial charge in [0.15, 0.2) is 0 Å². The molecule has 0 unspecified atom stereocenters. The second kappa shape index (κ2) is 5.47. The maximum absolute atomic E-state index is 5.81. The van der Waals surface area contributed by atoms with E-state index in [1.807, 2.05) is 24.3 Å². The van der Waals surface area contributed by atoms with Crippen molar-refractivity contribution < 1.29 is 4.74 Å². The summed E-state index contributed by atoms with van der Waals surface area (Å²) in [7, 11) is 0. The summed E-state index contributed by atoms with van der Waals surface area (Å²) in [6, 6.07) is 7.90. The molecule has 4 heteroatoms. The molecule has 0 atom stereocenters. The van der Waals surface area contributed by atoms with E-state index in [1.54, 1.807) is 0 Å². The van der Waals surface area contributed by atoms with Gasteiger partial charge in [-0.3, -0.25) is 5.43 Å². The molecule has 15 heavy (non-hydrogen) atoms. The highest BCUT2D eigenvalue weighted by atomic mass is 35.5. The van der Waals surface area contributed by atoms with Gasteiger partial charge in [-0.05, 0) is 17.7 Å². The molecule has 0 aliphatic carbocycles. The first kappa shape index (κ1) is 10.9. The molecular weight excluding hydrogens is 212 g/mol. The van der Waals surface area contributed by atoms with Crippen molar-refractivity contribution in [3.63, 3.8) is 0 Å². The third-order valence-corrected chi connectivity index (χ3v) is 2.68. The lowest BCUT2D eigenvalue weighted by Crippen LogP contribution is -2.45. The molecular formula is C11H15ClN2O. The number of hydrazine groups is 1. The Hall–Kier alpha value is -0.610. The Morgan fingerprint density at radius 2 is 1.87 bits per heavy atom. The molecule has 0 radical (unpaired) electrons. The zero-order valence-electron chi connectivity index (χ0n) is 8.58. The predicted molar refractivity (Wildman–Crippen MR) is 60.7 cm³/mol. The van der Waals surface area contributed by atoms with Crippen molar-refractivity contribution in [2.75, 3.05) is 26.3 Å². The fourth-order valence-electron chi connectivity index (χ4n) is 1.53. The summed E-state index contributed by atoms with van der Waals surface area (Å²) in [6.07, 6.45) is 0. The van der Waals surface area contributed by atoms with E-state index in [2.05, 4.69) is 10.4 Å². The average Bonchev–Trinajstić information content (AvgIpc) is 2.30. The number of benzene rings is 1. The smallest absolute Gasteiger partial charge is 0.0608 e. The maximum Gasteiger partial charge on any atom is 0.0608 e. The van der Waals surface area contributed by atoms with Crippen LogP contribution in [0.25, 0.3) is 0 Å². The predicted octanol–water partition coefficient (Wildman–Crippen LogP) is 1.68. The SMILES string of the molecule is Clc1ccc(CNN2CCOCC2)cc1. The van der Waals surface area contributed by atoms with E-state index in [-0.39, 0.29) is 0 Å². The number of morpholine rings is 1. The van der Waals surface area contributed by atoms with Gasteiger partial charge in [-0.25, -0.2) is 5.01 Å². The van der Waals surface area contributed by atoms with E-state index < -0.39 is 0 Å². The molecule has 1 aromatic rings. The second-order valence-corrected chi connectivity index (χ2v) is 4.00. The van der Waals surface area contributed by atoms with Crippen LogP contribution in [0.15, 0.2) is 24.3 Å². The molecule has 0 amide bonds. The fourth-order valence-corrected chi connectivity index (χ4v) is 1.65. The first-order valence-corrected chi connectivity index (χ1v) is 5.53. The third-order valence-electron chi connectivity index (χ3n) is 2.43. The zero-order valence-corrected chi connectivity index (χ0v) is 9.33. The van der Waals surface area contributed by atoms with Crippen LogP contribution in [0.3, 0.4) is 0 Å². The van der Waals surface area contributed by atoms with E-state index in [4.69, 9.17) is 16.3 Å². The number of hydrogen-bond donors (Lipinski definition) is 1. The lowest BCUT2D eigenvalue weighted by molar-refractivity contribution is 0.0106. The number of ether oxygens (including phenoxy) is 1. The number of nitrogens with one attached hydrogen (secondary N) is 1. The van der Waals surface area contributed by atoms with Crippen LogP contribution >= 0.6 is 11.6 Å². The fraction of sp³-hybridized carbons (Fsp3) is 0.455. The molecule has 1 fully saturated rings. The summed E-state index contributed by atoms with van der Waals surface area (Å²) < 4.78 is 5.27. The summed E-state index contributed by atoms with van der Waals surface area (Å²) in [4.78, 5) is 0. The highest BCUT2D eigenvalue weighted by molar-refractivity contribution is 6.30. The van der Waals surface area contributed by atoms with Gasteiger partial charge in [-0.1, -0.05) is 23.7 Å². The van der Waals surface area contributed by atoms with Gasteiger partial charge in [0.05, 0.1) is 13.2 Å². The third kappa shape index (κ3) is 3.47. The van der Waals surface area contributed by atoms with Gasteiger partial charge in [0.1, 0.15) is 0 Å².